The first-order valence-corrected chi connectivity index (χ1v) is 5.09. The molecule has 1 aliphatic carbocycles. The van der Waals surface area contributed by atoms with Crippen LogP contribution in [0.5, 0.6) is 0 Å². The fourth-order valence-corrected chi connectivity index (χ4v) is 1.69. The first kappa shape index (κ1) is 11.1. The predicted molar refractivity (Wildman–Crippen MR) is 59.0 cm³/mol. The van der Waals surface area contributed by atoms with Crippen LogP contribution in [0.15, 0.2) is 24.5 Å². The number of aliphatic carboxylic acids is 1. The third-order valence-electron chi connectivity index (χ3n) is 2.53. The van der Waals surface area contributed by atoms with E-state index in [2.05, 4.69) is 15.3 Å². The lowest BCUT2D eigenvalue weighted by Crippen LogP contribution is -2.20. The molecule has 0 aliphatic heterocycles. The first-order chi connectivity index (χ1) is 8.20. The zero-order chi connectivity index (χ0) is 12.3. The maximum Gasteiger partial charge on any atom is 0.310 e. The molecule has 2 N–H and O–H groups in total. The summed E-state index contributed by atoms with van der Waals surface area (Å²) in [6.07, 6.45) is 6.79. The van der Waals surface area contributed by atoms with Crippen molar-refractivity contribution in [3.63, 3.8) is 0 Å². The fraction of sp³-hybridized carbons (Fsp3) is 0.273. The number of carboxylic acid groups (broad SMARTS) is 1. The molecule has 0 radical (unpaired) electrons. The highest BCUT2D eigenvalue weighted by Gasteiger charge is 2.24. The summed E-state index contributed by atoms with van der Waals surface area (Å²) >= 11 is 0. The van der Waals surface area contributed by atoms with Crippen LogP contribution < -0.4 is 5.32 Å². The summed E-state index contributed by atoms with van der Waals surface area (Å²) in [6, 6.07) is 1.80. The van der Waals surface area contributed by atoms with Crippen molar-refractivity contribution < 1.29 is 9.90 Å². The Balaban J connectivity index is 2.06. The van der Waals surface area contributed by atoms with E-state index in [0.29, 0.717) is 12.2 Å². The summed E-state index contributed by atoms with van der Waals surface area (Å²) < 4.78 is 0. The Morgan fingerprint density at radius 1 is 1.47 bits per heavy atom. The van der Waals surface area contributed by atoms with Crippen LogP contribution in [0, 0.1) is 17.2 Å². The summed E-state index contributed by atoms with van der Waals surface area (Å²) in [6.45, 7) is 0. The average Bonchev–Trinajstić information content (AvgIpc) is 2.78. The predicted octanol–water partition coefficient (Wildman–Crippen LogP) is 0.789. The Morgan fingerprint density at radius 2 is 2.24 bits per heavy atom. The second kappa shape index (κ2) is 4.61. The maximum atomic E-state index is 10.8. The van der Waals surface area contributed by atoms with Crippen molar-refractivity contribution in [2.45, 2.75) is 12.5 Å². The fourth-order valence-electron chi connectivity index (χ4n) is 1.69. The van der Waals surface area contributed by atoms with E-state index in [1.165, 1.54) is 12.4 Å². The van der Waals surface area contributed by atoms with E-state index in [9.17, 15) is 4.79 Å². The van der Waals surface area contributed by atoms with Crippen LogP contribution in [0.25, 0.3) is 0 Å². The van der Waals surface area contributed by atoms with Gasteiger partial charge in [0.1, 0.15) is 6.07 Å². The molecule has 86 valence electrons. The van der Waals surface area contributed by atoms with E-state index in [-0.39, 0.29) is 11.7 Å². The van der Waals surface area contributed by atoms with Crippen LogP contribution in [0.1, 0.15) is 12.1 Å². The van der Waals surface area contributed by atoms with Gasteiger partial charge in [0.15, 0.2) is 11.5 Å². The molecule has 2 unspecified atom stereocenters. The molecule has 6 heteroatoms. The molecule has 17 heavy (non-hydrogen) atoms. The van der Waals surface area contributed by atoms with Crippen molar-refractivity contribution in [1.82, 2.24) is 9.97 Å². The lowest BCUT2D eigenvalue weighted by Gasteiger charge is -2.12. The molecule has 0 spiro atoms. The van der Waals surface area contributed by atoms with Crippen molar-refractivity contribution in [1.29, 1.82) is 5.26 Å². The van der Waals surface area contributed by atoms with Gasteiger partial charge < -0.3 is 10.4 Å². The molecule has 1 aromatic heterocycles. The summed E-state index contributed by atoms with van der Waals surface area (Å²) in [4.78, 5) is 18.6. The number of nitrogens with one attached hydrogen (secondary N) is 1. The van der Waals surface area contributed by atoms with E-state index >= 15 is 0 Å². The minimum absolute atomic E-state index is 0.125. The molecule has 1 aliphatic rings. The molecule has 2 rings (SSSR count). The van der Waals surface area contributed by atoms with Gasteiger partial charge in [0.25, 0.3) is 0 Å². The Hall–Kier alpha value is -2.42. The van der Waals surface area contributed by atoms with E-state index in [0.717, 1.165) is 0 Å². The van der Waals surface area contributed by atoms with Gasteiger partial charge in [0, 0.05) is 18.4 Å². The summed E-state index contributed by atoms with van der Waals surface area (Å²) in [5.74, 6) is -0.935. The minimum Gasteiger partial charge on any atom is -0.481 e. The molecule has 0 aromatic carbocycles. The Morgan fingerprint density at radius 3 is 2.88 bits per heavy atom. The molecular weight excluding hydrogens is 220 g/mol. The zero-order valence-electron chi connectivity index (χ0n) is 8.87. The average molecular weight is 230 g/mol. The lowest BCUT2D eigenvalue weighted by molar-refractivity contribution is -0.140. The number of anilines is 1. The summed E-state index contributed by atoms with van der Waals surface area (Å²) in [7, 11) is 0. The third kappa shape index (κ3) is 2.39. The van der Waals surface area contributed by atoms with Crippen LogP contribution >= 0.6 is 0 Å². The molecule has 0 bridgehead atoms. The van der Waals surface area contributed by atoms with Gasteiger partial charge in [-0.2, -0.15) is 5.26 Å². The van der Waals surface area contributed by atoms with Gasteiger partial charge in [-0.15, -0.1) is 0 Å². The van der Waals surface area contributed by atoms with Crippen LogP contribution in [-0.4, -0.2) is 27.1 Å². The molecule has 2 atom stereocenters. The number of hydrogen-bond acceptors (Lipinski definition) is 5. The number of rotatable bonds is 3. The summed E-state index contributed by atoms with van der Waals surface area (Å²) in [5, 5.41) is 20.7. The molecule has 1 aromatic rings. The number of hydrogen-bond donors (Lipinski definition) is 2. The molecule has 1 heterocycles. The van der Waals surface area contributed by atoms with Crippen LogP contribution in [0.2, 0.25) is 0 Å². The number of carbonyl (C=O) groups is 1. The Labute approximate surface area is 97.6 Å². The number of nitrogens with zero attached hydrogens (tertiary/aromatic N) is 3. The van der Waals surface area contributed by atoms with Gasteiger partial charge in [-0.25, -0.2) is 9.97 Å². The highest BCUT2D eigenvalue weighted by Crippen LogP contribution is 2.21. The van der Waals surface area contributed by atoms with Gasteiger partial charge in [-0.05, 0) is 6.42 Å². The van der Waals surface area contributed by atoms with E-state index < -0.39 is 11.9 Å². The zero-order valence-corrected chi connectivity index (χ0v) is 8.87. The standard InChI is InChI=1S/C11H10N4O2/c12-6-9-10(14-4-3-13-9)15-8-2-1-7(5-8)11(16)17/h1-4,7-8H,5H2,(H,14,15)(H,16,17). The highest BCUT2D eigenvalue weighted by molar-refractivity contribution is 5.73. The molecule has 6 nitrogen and oxygen atoms in total. The number of aromatic nitrogens is 2. The second-order valence-electron chi connectivity index (χ2n) is 3.68. The number of nitriles is 1. The lowest BCUT2D eigenvalue weighted by atomic mass is 10.1. The Kier molecular flexibility index (Phi) is 3.01. The summed E-state index contributed by atoms with van der Waals surface area (Å²) in [5.41, 5.74) is 0.208. The molecule has 0 amide bonds. The molecular formula is C11H10N4O2. The highest BCUT2D eigenvalue weighted by atomic mass is 16.4. The molecule has 0 saturated carbocycles. The van der Waals surface area contributed by atoms with E-state index in [1.807, 2.05) is 6.07 Å². The van der Waals surface area contributed by atoms with Gasteiger partial charge in [0.2, 0.25) is 0 Å². The van der Waals surface area contributed by atoms with Gasteiger partial charge in [0.05, 0.1) is 5.92 Å². The SMILES string of the molecule is N#Cc1nccnc1NC1C=CC(C(=O)O)C1. The quantitative estimate of drug-likeness (QED) is 0.745. The van der Waals surface area contributed by atoms with Gasteiger partial charge >= 0.3 is 5.97 Å². The topological polar surface area (TPSA) is 98.9 Å². The second-order valence-corrected chi connectivity index (χ2v) is 3.68. The van der Waals surface area contributed by atoms with Crippen LogP contribution in [0.3, 0.4) is 0 Å². The minimum atomic E-state index is -0.842. The van der Waals surface area contributed by atoms with Crippen LogP contribution in [0.4, 0.5) is 5.82 Å². The van der Waals surface area contributed by atoms with Gasteiger partial charge in [-0.3, -0.25) is 4.79 Å². The number of carboxylic acids is 1. The van der Waals surface area contributed by atoms with Crippen molar-refractivity contribution in [3.05, 3.63) is 30.2 Å². The third-order valence-corrected chi connectivity index (χ3v) is 2.53. The van der Waals surface area contributed by atoms with Gasteiger partial charge in [-0.1, -0.05) is 12.2 Å². The smallest absolute Gasteiger partial charge is 0.310 e. The molecule has 0 fully saturated rings. The van der Waals surface area contributed by atoms with E-state index in [4.69, 9.17) is 10.4 Å². The first-order valence-electron chi connectivity index (χ1n) is 5.09. The van der Waals surface area contributed by atoms with Crippen molar-refractivity contribution >= 4 is 11.8 Å². The van der Waals surface area contributed by atoms with E-state index in [1.54, 1.807) is 12.2 Å². The monoisotopic (exact) mass is 230 g/mol. The van der Waals surface area contributed by atoms with Crippen molar-refractivity contribution in [3.8, 4) is 6.07 Å². The van der Waals surface area contributed by atoms with Crippen molar-refractivity contribution in [2.24, 2.45) is 5.92 Å². The Bertz CT molecular complexity index is 506. The maximum absolute atomic E-state index is 10.8. The van der Waals surface area contributed by atoms with Crippen molar-refractivity contribution in [2.75, 3.05) is 5.32 Å². The normalized spacial score (nSPS) is 22.1. The molecule has 0 saturated heterocycles. The van der Waals surface area contributed by atoms with Crippen LogP contribution in [-0.2, 0) is 4.79 Å². The largest absolute Gasteiger partial charge is 0.481 e.